The van der Waals surface area contributed by atoms with Crippen LogP contribution < -0.4 is 0 Å². The van der Waals surface area contributed by atoms with Crippen LogP contribution in [0.25, 0.3) is 0 Å². The minimum Gasteiger partial charge on any atom is -0.340 e. The fourth-order valence-electron chi connectivity index (χ4n) is 2.44. The molecule has 0 spiro atoms. The third-order valence-corrected chi connectivity index (χ3v) is 5.64. The van der Waals surface area contributed by atoms with Gasteiger partial charge in [0.1, 0.15) is 0 Å². The first-order chi connectivity index (χ1) is 8.97. The van der Waals surface area contributed by atoms with Gasteiger partial charge in [0, 0.05) is 26.9 Å². The molecule has 1 aliphatic carbocycles. The van der Waals surface area contributed by atoms with Gasteiger partial charge in [-0.2, -0.15) is 4.98 Å². The number of hydrogen-bond donors (Lipinski definition) is 0. The lowest BCUT2D eigenvalue weighted by atomic mass is 10.1. The molecule has 0 aliphatic heterocycles. The molecule has 0 saturated heterocycles. The zero-order chi connectivity index (χ0) is 13.9. The van der Waals surface area contributed by atoms with E-state index in [1.807, 2.05) is 0 Å². The molecule has 0 bridgehead atoms. The van der Waals surface area contributed by atoms with Crippen LogP contribution in [-0.4, -0.2) is 42.2 Å². The Labute approximate surface area is 114 Å². The maximum absolute atomic E-state index is 12.2. The first kappa shape index (κ1) is 14.5. The molecular formula is C12H21N3O3S. The lowest BCUT2D eigenvalue weighted by molar-refractivity contribution is 0.384. The van der Waals surface area contributed by atoms with Gasteiger partial charge in [-0.3, -0.25) is 0 Å². The maximum atomic E-state index is 12.2. The van der Waals surface area contributed by atoms with Crippen molar-refractivity contribution in [2.24, 2.45) is 5.92 Å². The quantitative estimate of drug-likeness (QED) is 0.790. The van der Waals surface area contributed by atoms with E-state index in [9.17, 15) is 8.42 Å². The Morgan fingerprint density at radius 2 is 2.05 bits per heavy atom. The van der Waals surface area contributed by atoms with E-state index in [-0.39, 0.29) is 5.75 Å². The fourth-order valence-corrected chi connectivity index (χ4v) is 3.99. The molecule has 0 N–H and O–H groups in total. The summed E-state index contributed by atoms with van der Waals surface area (Å²) >= 11 is 0. The first-order valence-electron chi connectivity index (χ1n) is 6.70. The Kier molecular flexibility index (Phi) is 4.57. The maximum Gasteiger partial charge on any atom is 0.223 e. The van der Waals surface area contributed by atoms with Crippen molar-refractivity contribution in [2.75, 3.05) is 19.3 Å². The van der Waals surface area contributed by atoms with Crippen molar-refractivity contribution in [1.29, 1.82) is 0 Å². The zero-order valence-corrected chi connectivity index (χ0v) is 12.3. The molecule has 1 fully saturated rings. The summed E-state index contributed by atoms with van der Waals surface area (Å²) in [6, 6.07) is 0. The third kappa shape index (κ3) is 4.01. The van der Waals surface area contributed by atoms with Crippen LogP contribution in [0.15, 0.2) is 4.52 Å². The summed E-state index contributed by atoms with van der Waals surface area (Å²) in [6.07, 6.45) is 4.88. The Bertz CT molecular complexity index is 506. The molecule has 0 atom stereocenters. The average Bonchev–Trinajstić information content (AvgIpc) is 2.97. The molecule has 7 heteroatoms. The molecule has 2 rings (SSSR count). The van der Waals surface area contributed by atoms with E-state index in [1.165, 1.54) is 4.31 Å². The van der Waals surface area contributed by atoms with Crippen molar-refractivity contribution < 1.29 is 12.9 Å². The summed E-state index contributed by atoms with van der Waals surface area (Å²) in [4.78, 5) is 4.07. The molecule has 6 nitrogen and oxygen atoms in total. The highest BCUT2D eigenvalue weighted by Gasteiger charge is 2.25. The molecule has 19 heavy (non-hydrogen) atoms. The molecule has 0 unspecified atom stereocenters. The van der Waals surface area contributed by atoms with Gasteiger partial charge in [-0.05, 0) is 18.8 Å². The molecule has 1 aliphatic rings. The van der Waals surface area contributed by atoms with Crippen molar-refractivity contribution in [1.82, 2.24) is 14.4 Å². The smallest absolute Gasteiger partial charge is 0.223 e. The molecule has 1 saturated carbocycles. The summed E-state index contributed by atoms with van der Waals surface area (Å²) in [6.45, 7) is 2.12. The SMILES string of the molecule is Cc1nc(CCN(C)S(=O)(=O)CC2CCCC2)no1. The van der Waals surface area contributed by atoms with Crippen LogP contribution in [-0.2, 0) is 16.4 Å². The molecule has 1 heterocycles. The van der Waals surface area contributed by atoms with Gasteiger partial charge in [0.15, 0.2) is 5.82 Å². The van der Waals surface area contributed by atoms with Gasteiger partial charge in [0.05, 0.1) is 5.75 Å². The number of likely N-dealkylation sites (N-methyl/N-ethyl adjacent to an activating group) is 1. The number of aromatic nitrogens is 2. The second-order valence-electron chi connectivity index (χ2n) is 5.23. The highest BCUT2D eigenvalue weighted by molar-refractivity contribution is 7.89. The Balaban J connectivity index is 1.85. The molecule has 1 aromatic heterocycles. The highest BCUT2D eigenvalue weighted by atomic mass is 32.2. The van der Waals surface area contributed by atoms with Crippen LogP contribution in [0.3, 0.4) is 0 Å². The minimum absolute atomic E-state index is 0.273. The molecular weight excluding hydrogens is 266 g/mol. The van der Waals surface area contributed by atoms with Crippen LogP contribution in [0.1, 0.15) is 37.4 Å². The summed E-state index contributed by atoms with van der Waals surface area (Å²) in [5.41, 5.74) is 0. The van der Waals surface area contributed by atoms with E-state index in [0.717, 1.165) is 25.7 Å². The molecule has 0 amide bonds. The van der Waals surface area contributed by atoms with E-state index in [1.54, 1.807) is 14.0 Å². The van der Waals surface area contributed by atoms with E-state index in [4.69, 9.17) is 4.52 Å². The van der Waals surface area contributed by atoms with Crippen LogP contribution >= 0.6 is 0 Å². The third-order valence-electron chi connectivity index (χ3n) is 3.62. The van der Waals surface area contributed by atoms with Crippen LogP contribution in [0.4, 0.5) is 0 Å². The Morgan fingerprint density at radius 1 is 1.37 bits per heavy atom. The van der Waals surface area contributed by atoms with Crippen molar-refractivity contribution in [2.45, 2.75) is 39.0 Å². The van der Waals surface area contributed by atoms with Gasteiger partial charge < -0.3 is 4.52 Å². The zero-order valence-electron chi connectivity index (χ0n) is 11.5. The van der Waals surface area contributed by atoms with Crippen molar-refractivity contribution >= 4 is 10.0 Å². The lowest BCUT2D eigenvalue weighted by Crippen LogP contribution is -2.33. The van der Waals surface area contributed by atoms with Crippen molar-refractivity contribution in [3.63, 3.8) is 0 Å². The van der Waals surface area contributed by atoms with Crippen LogP contribution in [0, 0.1) is 12.8 Å². The summed E-state index contributed by atoms with van der Waals surface area (Å²) in [7, 11) is -1.54. The number of aryl methyl sites for hydroxylation is 1. The highest BCUT2D eigenvalue weighted by Crippen LogP contribution is 2.26. The van der Waals surface area contributed by atoms with Crippen molar-refractivity contribution in [3.05, 3.63) is 11.7 Å². The van der Waals surface area contributed by atoms with Crippen LogP contribution in [0.5, 0.6) is 0 Å². The van der Waals surface area contributed by atoms with Gasteiger partial charge in [-0.25, -0.2) is 12.7 Å². The summed E-state index contributed by atoms with van der Waals surface area (Å²) in [5.74, 6) is 1.67. The number of rotatable bonds is 6. The normalized spacial score (nSPS) is 17.4. The van der Waals surface area contributed by atoms with Gasteiger partial charge in [-0.1, -0.05) is 18.0 Å². The minimum atomic E-state index is -3.16. The molecule has 108 valence electrons. The first-order valence-corrected chi connectivity index (χ1v) is 8.31. The van der Waals surface area contributed by atoms with E-state index >= 15 is 0 Å². The monoisotopic (exact) mass is 287 g/mol. The fraction of sp³-hybridized carbons (Fsp3) is 0.833. The van der Waals surface area contributed by atoms with Gasteiger partial charge in [0.2, 0.25) is 15.9 Å². The number of nitrogens with zero attached hydrogens (tertiary/aromatic N) is 3. The Hall–Kier alpha value is -0.950. The van der Waals surface area contributed by atoms with E-state index in [0.29, 0.717) is 30.6 Å². The molecule has 0 radical (unpaired) electrons. The van der Waals surface area contributed by atoms with E-state index in [2.05, 4.69) is 10.1 Å². The molecule has 1 aromatic rings. The molecule has 0 aromatic carbocycles. The van der Waals surface area contributed by atoms with E-state index < -0.39 is 10.0 Å². The van der Waals surface area contributed by atoms with Gasteiger partial charge in [-0.15, -0.1) is 0 Å². The van der Waals surface area contributed by atoms with Crippen molar-refractivity contribution in [3.8, 4) is 0 Å². The summed E-state index contributed by atoms with van der Waals surface area (Å²) < 4.78 is 30.6. The second kappa shape index (κ2) is 6.00. The second-order valence-corrected chi connectivity index (χ2v) is 7.35. The predicted molar refractivity (Wildman–Crippen MR) is 71.1 cm³/mol. The number of sulfonamides is 1. The number of hydrogen-bond acceptors (Lipinski definition) is 5. The summed E-state index contributed by atoms with van der Waals surface area (Å²) in [5, 5.41) is 3.77. The van der Waals surface area contributed by atoms with Gasteiger partial charge >= 0.3 is 0 Å². The Morgan fingerprint density at radius 3 is 2.63 bits per heavy atom. The lowest BCUT2D eigenvalue weighted by Gasteiger charge is -2.18. The topological polar surface area (TPSA) is 76.3 Å². The van der Waals surface area contributed by atoms with Gasteiger partial charge in [0.25, 0.3) is 0 Å². The van der Waals surface area contributed by atoms with Crippen LogP contribution in [0.2, 0.25) is 0 Å². The average molecular weight is 287 g/mol. The largest absolute Gasteiger partial charge is 0.340 e. The predicted octanol–water partition coefficient (Wildman–Crippen LogP) is 1.37. The standard InChI is InChI=1S/C12H21N3O3S/c1-10-13-12(14-18-10)7-8-15(2)19(16,17)9-11-5-3-4-6-11/h11H,3-9H2,1-2H3.